The molecule has 1 saturated carbocycles. The first-order chi connectivity index (χ1) is 18.8. The molecular weight excluding hydrogens is 488 g/mol. The number of nitrogens with zero attached hydrogens (tertiary/aromatic N) is 7. The Morgan fingerprint density at radius 1 is 1.05 bits per heavy atom. The van der Waals surface area contributed by atoms with Crippen molar-refractivity contribution < 1.29 is 5.11 Å². The van der Waals surface area contributed by atoms with Crippen molar-refractivity contribution in [3.63, 3.8) is 0 Å². The lowest BCUT2D eigenvalue weighted by Gasteiger charge is -2.59. The maximum Gasteiger partial charge on any atom is 0.211 e. The van der Waals surface area contributed by atoms with Gasteiger partial charge in [0.1, 0.15) is 11.9 Å². The zero-order valence-electron chi connectivity index (χ0n) is 22.7. The van der Waals surface area contributed by atoms with E-state index in [1.165, 1.54) is 11.3 Å². The van der Waals surface area contributed by atoms with Crippen molar-refractivity contribution in [2.45, 2.75) is 44.8 Å². The van der Waals surface area contributed by atoms with Gasteiger partial charge in [-0.15, -0.1) is 0 Å². The van der Waals surface area contributed by atoms with Gasteiger partial charge in [0.15, 0.2) is 0 Å². The minimum Gasteiger partial charge on any atom is -0.493 e. The summed E-state index contributed by atoms with van der Waals surface area (Å²) < 4.78 is 0. The van der Waals surface area contributed by atoms with Gasteiger partial charge in [-0.2, -0.15) is 5.26 Å². The quantitative estimate of drug-likeness (QED) is 0.535. The Bertz CT molecular complexity index is 1470. The maximum absolute atomic E-state index is 9.96. The van der Waals surface area contributed by atoms with Crippen LogP contribution in [0.25, 0.3) is 10.9 Å². The number of piperazine rings is 2. The van der Waals surface area contributed by atoms with Gasteiger partial charge in [-0.25, -0.2) is 9.97 Å². The Labute approximate surface area is 229 Å². The molecule has 1 aromatic carbocycles. The van der Waals surface area contributed by atoms with Crippen LogP contribution in [0.3, 0.4) is 0 Å². The lowest BCUT2D eigenvalue weighted by Crippen LogP contribution is -2.65. The minimum atomic E-state index is -0.0630. The molecule has 5 heterocycles. The van der Waals surface area contributed by atoms with Gasteiger partial charge in [0.05, 0.1) is 23.0 Å². The lowest BCUT2D eigenvalue weighted by atomic mass is 9.61. The van der Waals surface area contributed by atoms with Crippen LogP contribution >= 0.6 is 0 Å². The van der Waals surface area contributed by atoms with Crippen LogP contribution in [-0.2, 0) is 0 Å². The number of aromatic hydroxyl groups is 1. The van der Waals surface area contributed by atoms with Crippen molar-refractivity contribution in [2.24, 2.45) is 11.1 Å². The topological polar surface area (TPSA) is 109 Å². The van der Waals surface area contributed by atoms with E-state index in [0.29, 0.717) is 34.6 Å². The van der Waals surface area contributed by atoms with Crippen LogP contribution < -0.4 is 20.4 Å². The minimum absolute atomic E-state index is 0.0630. The number of pyridine rings is 2. The molecule has 3 aliphatic heterocycles. The largest absolute Gasteiger partial charge is 0.493 e. The molecule has 9 nitrogen and oxygen atoms in total. The molecule has 2 aromatic heterocycles. The van der Waals surface area contributed by atoms with Gasteiger partial charge in [0.25, 0.3) is 0 Å². The van der Waals surface area contributed by atoms with E-state index in [1.807, 2.05) is 18.2 Å². The number of nitriles is 1. The third-order valence-corrected chi connectivity index (χ3v) is 9.43. The molecule has 2 atom stereocenters. The number of anilines is 3. The fourth-order valence-corrected chi connectivity index (χ4v) is 7.63. The highest BCUT2D eigenvalue weighted by molar-refractivity contribution is 5.95. The Morgan fingerprint density at radius 2 is 1.85 bits per heavy atom. The van der Waals surface area contributed by atoms with Crippen LogP contribution in [0.1, 0.15) is 30.9 Å². The molecule has 1 spiro atoms. The molecule has 4 aliphatic rings. The molecule has 4 fully saturated rings. The number of rotatable bonds is 3. The van der Waals surface area contributed by atoms with Crippen LogP contribution in [0.2, 0.25) is 0 Å². The first kappa shape index (κ1) is 24.4. The maximum atomic E-state index is 9.96. The van der Waals surface area contributed by atoms with Gasteiger partial charge >= 0.3 is 0 Å². The van der Waals surface area contributed by atoms with Crippen molar-refractivity contribution in [2.75, 3.05) is 60.5 Å². The third kappa shape index (κ3) is 4.05. The Morgan fingerprint density at radius 3 is 2.59 bits per heavy atom. The van der Waals surface area contributed by atoms with Crippen molar-refractivity contribution in [1.82, 2.24) is 14.9 Å². The predicted molar refractivity (Wildman–Crippen MR) is 153 cm³/mol. The summed E-state index contributed by atoms with van der Waals surface area (Å²) in [6, 6.07) is 13.0. The van der Waals surface area contributed by atoms with Crippen LogP contribution in [-0.4, -0.2) is 83.9 Å². The molecule has 39 heavy (non-hydrogen) atoms. The van der Waals surface area contributed by atoms with Crippen LogP contribution in [0.15, 0.2) is 36.5 Å². The highest BCUT2D eigenvalue weighted by Crippen LogP contribution is 2.49. The Hall–Kier alpha value is -3.61. The van der Waals surface area contributed by atoms with E-state index in [-0.39, 0.29) is 5.88 Å². The predicted octanol–water partition coefficient (Wildman–Crippen LogP) is 2.84. The molecule has 3 N–H and O–H groups in total. The number of hydrogen-bond acceptors (Lipinski definition) is 9. The summed E-state index contributed by atoms with van der Waals surface area (Å²) in [5, 5.41) is 20.5. The van der Waals surface area contributed by atoms with Crippen LogP contribution in [0.5, 0.6) is 5.88 Å². The SMILES string of the molecule is Cc1cc(N2CC3(CC(N)C3)C2)cnc1N1CCN2C(C)CN(c3ccc(C#N)c4nc(O)ccc34)CC2C1. The smallest absolute Gasteiger partial charge is 0.211 e. The third-order valence-electron chi connectivity index (χ3n) is 9.43. The molecule has 0 amide bonds. The van der Waals surface area contributed by atoms with Gasteiger partial charge < -0.3 is 25.5 Å². The molecular formula is C30H36N8O. The van der Waals surface area contributed by atoms with E-state index in [4.69, 9.17) is 10.7 Å². The van der Waals surface area contributed by atoms with E-state index in [9.17, 15) is 10.4 Å². The number of fused-ring (bicyclic) bond motifs is 2. The lowest BCUT2D eigenvalue weighted by molar-refractivity contribution is 0.0664. The number of hydrogen-bond donors (Lipinski definition) is 2. The molecule has 0 bridgehead atoms. The highest BCUT2D eigenvalue weighted by Gasteiger charge is 2.51. The number of aromatic nitrogens is 2. The van der Waals surface area contributed by atoms with E-state index in [2.05, 4.69) is 56.8 Å². The summed E-state index contributed by atoms with van der Waals surface area (Å²) in [4.78, 5) is 19.2. The van der Waals surface area contributed by atoms with E-state index < -0.39 is 0 Å². The van der Waals surface area contributed by atoms with Gasteiger partial charge in [-0.1, -0.05) is 0 Å². The molecule has 7 rings (SSSR count). The zero-order valence-corrected chi connectivity index (χ0v) is 22.7. The normalized spacial score (nSPS) is 24.8. The van der Waals surface area contributed by atoms with E-state index in [0.717, 1.165) is 75.5 Å². The number of benzene rings is 1. The van der Waals surface area contributed by atoms with Gasteiger partial charge in [0.2, 0.25) is 5.88 Å². The van der Waals surface area contributed by atoms with Gasteiger partial charge in [-0.05, 0) is 56.5 Å². The van der Waals surface area contributed by atoms with Crippen LogP contribution in [0, 0.1) is 23.7 Å². The Kier molecular flexibility index (Phi) is 5.62. The monoisotopic (exact) mass is 524 g/mol. The fourth-order valence-electron chi connectivity index (χ4n) is 7.63. The molecule has 0 radical (unpaired) electrons. The Balaban J connectivity index is 1.09. The summed E-state index contributed by atoms with van der Waals surface area (Å²) in [6.07, 6.45) is 4.37. The second-order valence-electron chi connectivity index (χ2n) is 12.3. The van der Waals surface area contributed by atoms with Crippen LogP contribution in [0.4, 0.5) is 17.2 Å². The summed E-state index contributed by atoms with van der Waals surface area (Å²) >= 11 is 0. The summed E-state index contributed by atoms with van der Waals surface area (Å²) in [6.45, 7) is 11.4. The first-order valence-electron chi connectivity index (χ1n) is 14.1. The van der Waals surface area contributed by atoms with Crippen molar-refractivity contribution in [3.8, 4) is 11.9 Å². The fraction of sp³-hybridized carbons (Fsp3) is 0.500. The molecule has 202 valence electrons. The second kappa shape index (κ2) is 8.97. The van der Waals surface area contributed by atoms with Crippen molar-refractivity contribution >= 4 is 28.1 Å². The van der Waals surface area contributed by atoms with Gasteiger partial charge in [-0.3, -0.25) is 4.90 Å². The molecule has 3 saturated heterocycles. The summed E-state index contributed by atoms with van der Waals surface area (Å²) in [7, 11) is 0. The average molecular weight is 525 g/mol. The van der Waals surface area contributed by atoms with E-state index >= 15 is 0 Å². The molecule has 9 heteroatoms. The summed E-state index contributed by atoms with van der Waals surface area (Å²) in [5.41, 5.74) is 11.1. The number of nitrogens with two attached hydrogens (primary N) is 1. The highest BCUT2D eigenvalue weighted by atomic mass is 16.3. The molecule has 3 aromatic rings. The second-order valence-corrected chi connectivity index (χ2v) is 12.3. The zero-order chi connectivity index (χ0) is 26.9. The average Bonchev–Trinajstić information content (AvgIpc) is 2.88. The standard InChI is InChI=1S/C30H36N8O/c1-19-9-23(37-17-30(18-37)10-22(32)11-30)13-33-29(19)35-7-8-38-20(2)14-36(16-24(38)15-35)26-5-3-21(12-31)28-25(26)4-6-27(39)34-28/h3-6,9,13,20,22,24H,7-8,10-11,14-18,32H2,1-2H3,(H,34,39). The summed E-state index contributed by atoms with van der Waals surface area (Å²) in [5.74, 6) is 1.03. The molecule has 1 aliphatic carbocycles. The first-order valence-corrected chi connectivity index (χ1v) is 14.1. The van der Waals surface area contributed by atoms with Crippen molar-refractivity contribution in [1.29, 1.82) is 5.26 Å². The number of aryl methyl sites for hydroxylation is 1. The van der Waals surface area contributed by atoms with Gasteiger partial charge in [0, 0.05) is 86.5 Å². The van der Waals surface area contributed by atoms with Crippen molar-refractivity contribution in [3.05, 3.63) is 47.7 Å². The van der Waals surface area contributed by atoms with E-state index in [1.54, 1.807) is 6.07 Å². The molecule has 2 unspecified atom stereocenters.